The smallest absolute Gasteiger partial charge is 0.251 e. The monoisotopic (exact) mass is 334 g/mol. The van der Waals surface area contributed by atoms with E-state index < -0.39 is 0 Å². The van der Waals surface area contributed by atoms with Gasteiger partial charge in [-0.3, -0.25) is 4.79 Å². The average molecular weight is 335 g/mol. The molecule has 1 aromatic carbocycles. The van der Waals surface area contributed by atoms with E-state index in [0.717, 1.165) is 28.7 Å². The lowest BCUT2D eigenvalue weighted by Gasteiger charge is -2.21. The lowest BCUT2D eigenvalue weighted by molar-refractivity contribution is 0.0946. The largest absolute Gasteiger partial charge is 0.457 e. The van der Waals surface area contributed by atoms with E-state index in [1.54, 1.807) is 6.26 Å². The van der Waals surface area contributed by atoms with Crippen molar-refractivity contribution in [1.29, 1.82) is 0 Å². The third kappa shape index (κ3) is 2.27. The van der Waals surface area contributed by atoms with Crippen molar-refractivity contribution >= 4 is 21.8 Å². The fourth-order valence-corrected chi connectivity index (χ4v) is 3.09. The first-order valence-electron chi connectivity index (χ1n) is 6.52. The molecule has 2 heterocycles. The summed E-state index contributed by atoms with van der Waals surface area (Å²) in [5.41, 5.74) is 3.95. The molecule has 0 saturated carbocycles. The van der Waals surface area contributed by atoms with Gasteiger partial charge < -0.3 is 15.1 Å². The molecular formula is C15H15BrN2O2. The molecule has 1 aliphatic rings. The summed E-state index contributed by atoms with van der Waals surface area (Å²) in [6.45, 7) is 0.716. The Hall–Kier alpha value is -1.59. The second kappa shape index (κ2) is 5.42. The SMILES string of the molecule is CNC(c1ccc2c(c1)C(=O)NCC2)c1ccoc1Br. The van der Waals surface area contributed by atoms with E-state index in [-0.39, 0.29) is 11.9 Å². The molecule has 4 nitrogen and oxygen atoms in total. The number of hydrogen-bond donors (Lipinski definition) is 2. The van der Waals surface area contributed by atoms with Crippen LogP contribution in [-0.4, -0.2) is 19.5 Å². The van der Waals surface area contributed by atoms with Crippen LogP contribution in [-0.2, 0) is 6.42 Å². The van der Waals surface area contributed by atoms with Gasteiger partial charge in [0.2, 0.25) is 0 Å². The maximum atomic E-state index is 11.9. The molecule has 1 aliphatic heterocycles. The summed E-state index contributed by atoms with van der Waals surface area (Å²) >= 11 is 3.41. The fourth-order valence-electron chi connectivity index (χ4n) is 2.62. The van der Waals surface area contributed by atoms with Gasteiger partial charge in [-0.25, -0.2) is 0 Å². The maximum absolute atomic E-state index is 11.9. The van der Waals surface area contributed by atoms with Gasteiger partial charge in [-0.2, -0.15) is 0 Å². The highest BCUT2D eigenvalue weighted by molar-refractivity contribution is 9.10. The zero-order valence-electron chi connectivity index (χ0n) is 11.1. The van der Waals surface area contributed by atoms with Crippen LogP contribution in [0.25, 0.3) is 0 Å². The molecule has 0 aliphatic carbocycles. The second-order valence-corrected chi connectivity index (χ2v) is 5.51. The summed E-state index contributed by atoms with van der Waals surface area (Å²) in [6, 6.07) is 7.98. The van der Waals surface area contributed by atoms with Crippen LogP contribution in [0.5, 0.6) is 0 Å². The number of halogens is 1. The van der Waals surface area contributed by atoms with Crippen molar-refractivity contribution in [1.82, 2.24) is 10.6 Å². The number of hydrogen-bond acceptors (Lipinski definition) is 3. The normalized spacial score (nSPS) is 15.6. The highest BCUT2D eigenvalue weighted by Crippen LogP contribution is 2.30. The molecule has 0 radical (unpaired) electrons. The van der Waals surface area contributed by atoms with Crippen molar-refractivity contribution in [3.8, 4) is 0 Å². The first-order valence-corrected chi connectivity index (χ1v) is 7.31. The number of nitrogens with one attached hydrogen (secondary N) is 2. The van der Waals surface area contributed by atoms with Crippen LogP contribution in [0.3, 0.4) is 0 Å². The number of benzene rings is 1. The first kappa shape index (κ1) is 13.4. The van der Waals surface area contributed by atoms with Crippen molar-refractivity contribution in [2.75, 3.05) is 13.6 Å². The molecule has 2 N–H and O–H groups in total. The van der Waals surface area contributed by atoms with E-state index in [2.05, 4.69) is 32.6 Å². The van der Waals surface area contributed by atoms with Crippen molar-refractivity contribution in [3.63, 3.8) is 0 Å². The Bertz CT molecular complexity index is 651. The van der Waals surface area contributed by atoms with E-state index in [4.69, 9.17) is 4.42 Å². The third-order valence-electron chi connectivity index (χ3n) is 3.64. The minimum absolute atomic E-state index is 0.00853. The number of fused-ring (bicyclic) bond motifs is 1. The molecule has 1 unspecified atom stereocenters. The Morgan fingerprint density at radius 1 is 1.40 bits per heavy atom. The second-order valence-electron chi connectivity index (χ2n) is 4.79. The van der Waals surface area contributed by atoms with Crippen molar-refractivity contribution < 1.29 is 9.21 Å². The number of rotatable bonds is 3. The fraction of sp³-hybridized carbons (Fsp3) is 0.267. The Labute approximate surface area is 125 Å². The minimum Gasteiger partial charge on any atom is -0.457 e. The molecular weight excluding hydrogens is 320 g/mol. The van der Waals surface area contributed by atoms with Crippen LogP contribution in [0.15, 0.2) is 39.6 Å². The summed E-state index contributed by atoms with van der Waals surface area (Å²) in [6.07, 6.45) is 2.54. The van der Waals surface area contributed by atoms with Gasteiger partial charge in [0.25, 0.3) is 5.91 Å². The molecule has 0 fully saturated rings. The maximum Gasteiger partial charge on any atom is 0.251 e. The van der Waals surface area contributed by atoms with Crippen molar-refractivity contribution in [2.45, 2.75) is 12.5 Å². The topological polar surface area (TPSA) is 54.3 Å². The number of furan rings is 1. The number of carbonyl (C=O) groups is 1. The van der Waals surface area contributed by atoms with E-state index >= 15 is 0 Å². The van der Waals surface area contributed by atoms with E-state index in [9.17, 15) is 4.79 Å². The van der Waals surface area contributed by atoms with Crippen LogP contribution in [0, 0.1) is 0 Å². The van der Waals surface area contributed by atoms with Crippen LogP contribution in [0.2, 0.25) is 0 Å². The summed E-state index contributed by atoms with van der Waals surface area (Å²) in [4.78, 5) is 11.9. The summed E-state index contributed by atoms with van der Waals surface area (Å²) < 4.78 is 6.01. The molecule has 5 heteroatoms. The summed E-state index contributed by atoms with van der Waals surface area (Å²) in [5.74, 6) is 0.00853. The zero-order valence-corrected chi connectivity index (χ0v) is 12.7. The Balaban J connectivity index is 2.03. The zero-order chi connectivity index (χ0) is 14.1. The molecule has 1 aromatic heterocycles. The average Bonchev–Trinajstić information content (AvgIpc) is 2.87. The predicted octanol–water partition coefficient (Wildman–Crippen LogP) is 2.64. The molecule has 3 rings (SSSR count). The predicted molar refractivity (Wildman–Crippen MR) is 79.8 cm³/mol. The van der Waals surface area contributed by atoms with Crippen molar-refractivity contribution in [2.24, 2.45) is 0 Å². The number of amides is 1. The third-order valence-corrected chi connectivity index (χ3v) is 4.28. The van der Waals surface area contributed by atoms with E-state index in [1.165, 1.54) is 0 Å². The molecule has 0 saturated heterocycles. The van der Waals surface area contributed by atoms with Gasteiger partial charge in [-0.1, -0.05) is 12.1 Å². The van der Waals surface area contributed by atoms with Crippen molar-refractivity contribution in [3.05, 3.63) is 57.5 Å². The molecule has 1 atom stereocenters. The van der Waals surface area contributed by atoms with Crippen LogP contribution in [0.4, 0.5) is 0 Å². The minimum atomic E-state index is -0.0110. The van der Waals surface area contributed by atoms with Gasteiger partial charge in [-0.05, 0) is 52.7 Å². The van der Waals surface area contributed by atoms with Gasteiger partial charge in [0, 0.05) is 17.7 Å². The highest BCUT2D eigenvalue weighted by atomic mass is 79.9. The number of carbonyl (C=O) groups excluding carboxylic acids is 1. The van der Waals surface area contributed by atoms with E-state index in [0.29, 0.717) is 11.2 Å². The highest BCUT2D eigenvalue weighted by Gasteiger charge is 2.21. The molecule has 2 aromatic rings. The van der Waals surface area contributed by atoms with E-state index in [1.807, 2.05) is 25.2 Å². The lowest BCUT2D eigenvalue weighted by atomic mass is 9.93. The molecule has 0 spiro atoms. The Morgan fingerprint density at radius 2 is 2.25 bits per heavy atom. The molecule has 20 heavy (non-hydrogen) atoms. The van der Waals surface area contributed by atoms with Gasteiger partial charge >= 0.3 is 0 Å². The Morgan fingerprint density at radius 3 is 2.95 bits per heavy atom. The van der Waals surface area contributed by atoms with Crippen LogP contribution < -0.4 is 10.6 Å². The molecule has 1 amide bonds. The lowest BCUT2D eigenvalue weighted by Crippen LogP contribution is -2.32. The summed E-state index contributed by atoms with van der Waals surface area (Å²) in [5, 5.41) is 6.14. The van der Waals surface area contributed by atoms with Gasteiger partial charge in [0.05, 0.1) is 12.3 Å². The van der Waals surface area contributed by atoms with Crippen LogP contribution >= 0.6 is 15.9 Å². The standard InChI is InChI=1S/C15H15BrN2O2/c1-17-13(11-5-7-20-14(11)16)10-3-2-9-4-6-18-15(19)12(9)8-10/h2-3,5,7-8,13,17H,4,6H2,1H3,(H,18,19). The summed E-state index contributed by atoms with van der Waals surface area (Å²) in [7, 11) is 1.89. The quantitative estimate of drug-likeness (QED) is 0.907. The molecule has 0 bridgehead atoms. The first-order chi connectivity index (χ1) is 9.70. The molecule has 104 valence electrons. The van der Waals surface area contributed by atoms with Gasteiger partial charge in [0.15, 0.2) is 4.67 Å². The van der Waals surface area contributed by atoms with Gasteiger partial charge in [-0.15, -0.1) is 0 Å². The van der Waals surface area contributed by atoms with Gasteiger partial charge in [0.1, 0.15) is 0 Å². The Kier molecular flexibility index (Phi) is 3.63. The van der Waals surface area contributed by atoms with Crippen LogP contribution in [0.1, 0.15) is 33.1 Å².